The molecule has 0 saturated carbocycles. The molecule has 3 rings (SSSR count). The first-order valence-electron chi connectivity index (χ1n) is 7.07. The monoisotopic (exact) mass is 306 g/mol. The van der Waals surface area contributed by atoms with Crippen molar-refractivity contribution in [2.75, 3.05) is 37.7 Å². The highest BCUT2D eigenvalue weighted by Gasteiger charge is 2.24. The van der Waals surface area contributed by atoms with Crippen molar-refractivity contribution in [1.82, 2.24) is 14.9 Å². The zero-order chi connectivity index (χ0) is 14.8. The Kier molecular flexibility index (Phi) is 3.92. The number of nitrogens with zero attached hydrogens (tertiary/aromatic N) is 4. The van der Waals surface area contributed by atoms with E-state index in [9.17, 15) is 4.79 Å². The standard InChI is InChI=1S/C14H18N4O2S/c1-3-20-14(19)18-6-4-17(5-7-18)12-11-8-10(2)21-13(11)16-9-15-12/h8-9H,3-7H2,1-2H3. The Bertz CT molecular complexity index is 649. The second-order valence-electron chi connectivity index (χ2n) is 4.95. The Morgan fingerprint density at radius 1 is 1.33 bits per heavy atom. The summed E-state index contributed by atoms with van der Waals surface area (Å²) in [5.74, 6) is 0.966. The zero-order valence-corrected chi connectivity index (χ0v) is 13.0. The Morgan fingerprint density at radius 3 is 2.81 bits per heavy atom. The quantitative estimate of drug-likeness (QED) is 0.852. The van der Waals surface area contributed by atoms with E-state index in [0.717, 1.165) is 29.1 Å². The molecule has 112 valence electrons. The predicted octanol–water partition coefficient (Wildman–Crippen LogP) is 2.28. The second-order valence-corrected chi connectivity index (χ2v) is 6.18. The van der Waals surface area contributed by atoms with Gasteiger partial charge in [-0.05, 0) is 19.9 Å². The van der Waals surface area contributed by atoms with E-state index in [-0.39, 0.29) is 6.09 Å². The van der Waals surface area contributed by atoms with Gasteiger partial charge in [0.1, 0.15) is 17.0 Å². The summed E-state index contributed by atoms with van der Waals surface area (Å²) in [4.78, 5) is 26.7. The van der Waals surface area contributed by atoms with Crippen LogP contribution in [-0.4, -0.2) is 53.7 Å². The number of amides is 1. The molecule has 0 bridgehead atoms. The minimum Gasteiger partial charge on any atom is -0.450 e. The molecule has 2 aromatic rings. The number of fused-ring (bicyclic) bond motifs is 1. The van der Waals surface area contributed by atoms with Crippen LogP contribution in [0.2, 0.25) is 0 Å². The van der Waals surface area contributed by atoms with Crippen molar-refractivity contribution in [2.45, 2.75) is 13.8 Å². The van der Waals surface area contributed by atoms with Gasteiger partial charge in [0.05, 0.1) is 12.0 Å². The molecule has 0 aliphatic carbocycles. The van der Waals surface area contributed by atoms with Gasteiger partial charge >= 0.3 is 6.09 Å². The lowest BCUT2D eigenvalue weighted by Gasteiger charge is -2.34. The molecule has 7 heteroatoms. The molecule has 0 aromatic carbocycles. The number of hydrogen-bond donors (Lipinski definition) is 0. The molecule has 21 heavy (non-hydrogen) atoms. The minimum atomic E-state index is -0.226. The van der Waals surface area contributed by atoms with Gasteiger partial charge in [0.25, 0.3) is 0 Å². The van der Waals surface area contributed by atoms with Crippen molar-refractivity contribution >= 4 is 33.5 Å². The SMILES string of the molecule is CCOC(=O)N1CCN(c2ncnc3sc(C)cc23)CC1. The van der Waals surface area contributed by atoms with Gasteiger partial charge < -0.3 is 14.5 Å². The first kappa shape index (κ1) is 14.1. The van der Waals surface area contributed by atoms with Gasteiger partial charge in [-0.25, -0.2) is 14.8 Å². The Balaban J connectivity index is 1.75. The van der Waals surface area contributed by atoms with Gasteiger partial charge in [0.15, 0.2) is 0 Å². The van der Waals surface area contributed by atoms with Gasteiger partial charge in [-0.15, -0.1) is 11.3 Å². The molecule has 0 atom stereocenters. The first-order chi connectivity index (χ1) is 10.2. The normalized spacial score (nSPS) is 15.5. The molecule has 1 saturated heterocycles. The van der Waals surface area contributed by atoms with Gasteiger partial charge in [0, 0.05) is 31.1 Å². The molecule has 2 aromatic heterocycles. The Hall–Kier alpha value is -1.89. The van der Waals surface area contributed by atoms with Crippen LogP contribution in [0.1, 0.15) is 11.8 Å². The van der Waals surface area contributed by atoms with Crippen LogP contribution in [0.5, 0.6) is 0 Å². The van der Waals surface area contributed by atoms with Crippen molar-refractivity contribution in [3.8, 4) is 0 Å². The average molecular weight is 306 g/mol. The van der Waals surface area contributed by atoms with Crippen LogP contribution in [-0.2, 0) is 4.74 Å². The molecule has 6 nitrogen and oxygen atoms in total. The van der Waals surface area contributed by atoms with Gasteiger partial charge in [-0.1, -0.05) is 0 Å². The van der Waals surface area contributed by atoms with E-state index in [1.165, 1.54) is 4.88 Å². The van der Waals surface area contributed by atoms with Crippen molar-refractivity contribution < 1.29 is 9.53 Å². The Labute approximate surface area is 127 Å². The summed E-state index contributed by atoms with van der Waals surface area (Å²) >= 11 is 1.68. The molecule has 0 spiro atoms. The predicted molar refractivity (Wildman–Crippen MR) is 83.0 cm³/mol. The molecule has 1 aliphatic rings. The molecule has 1 amide bonds. The van der Waals surface area contributed by atoms with Crippen molar-refractivity contribution in [2.24, 2.45) is 0 Å². The maximum Gasteiger partial charge on any atom is 0.409 e. The number of carbonyl (C=O) groups is 1. The van der Waals surface area contributed by atoms with Crippen molar-refractivity contribution in [1.29, 1.82) is 0 Å². The van der Waals surface area contributed by atoms with Crippen LogP contribution < -0.4 is 4.90 Å². The van der Waals surface area contributed by atoms with E-state index in [0.29, 0.717) is 19.7 Å². The van der Waals surface area contributed by atoms with Crippen molar-refractivity contribution in [3.05, 3.63) is 17.3 Å². The van der Waals surface area contributed by atoms with Crippen LogP contribution in [0.15, 0.2) is 12.4 Å². The van der Waals surface area contributed by atoms with Gasteiger partial charge in [0.2, 0.25) is 0 Å². The number of anilines is 1. The van der Waals surface area contributed by atoms with E-state index < -0.39 is 0 Å². The zero-order valence-electron chi connectivity index (χ0n) is 12.2. The maximum atomic E-state index is 11.7. The third kappa shape index (κ3) is 2.78. The number of ether oxygens (including phenoxy) is 1. The largest absolute Gasteiger partial charge is 0.450 e. The van der Waals surface area contributed by atoms with Crippen LogP contribution in [0.4, 0.5) is 10.6 Å². The van der Waals surface area contributed by atoms with Crippen LogP contribution in [0, 0.1) is 6.92 Å². The second kappa shape index (κ2) is 5.85. The minimum absolute atomic E-state index is 0.226. The van der Waals surface area contributed by atoms with Crippen LogP contribution >= 0.6 is 11.3 Å². The highest BCUT2D eigenvalue weighted by atomic mass is 32.1. The van der Waals surface area contributed by atoms with Gasteiger partial charge in [-0.2, -0.15) is 0 Å². The number of aryl methyl sites for hydroxylation is 1. The molecule has 1 fully saturated rings. The summed E-state index contributed by atoms with van der Waals surface area (Å²) in [5.41, 5.74) is 0. The maximum absolute atomic E-state index is 11.7. The molecule has 0 unspecified atom stereocenters. The number of hydrogen-bond acceptors (Lipinski definition) is 6. The summed E-state index contributed by atoms with van der Waals surface area (Å²) < 4.78 is 5.04. The average Bonchev–Trinajstić information content (AvgIpc) is 2.87. The van der Waals surface area contributed by atoms with Gasteiger partial charge in [-0.3, -0.25) is 0 Å². The summed E-state index contributed by atoms with van der Waals surface area (Å²) in [6.07, 6.45) is 1.39. The van der Waals surface area contributed by atoms with Crippen LogP contribution in [0.3, 0.4) is 0 Å². The molecule has 0 N–H and O–H groups in total. The highest BCUT2D eigenvalue weighted by Crippen LogP contribution is 2.30. The lowest BCUT2D eigenvalue weighted by Crippen LogP contribution is -2.49. The number of carbonyl (C=O) groups excluding carboxylic acids is 1. The molecule has 1 aliphatic heterocycles. The molecular weight excluding hydrogens is 288 g/mol. The van der Waals surface area contributed by atoms with E-state index in [1.807, 2.05) is 6.92 Å². The highest BCUT2D eigenvalue weighted by molar-refractivity contribution is 7.18. The number of thiophene rings is 1. The fourth-order valence-corrected chi connectivity index (χ4v) is 3.37. The van der Waals surface area contributed by atoms with E-state index in [2.05, 4.69) is 27.9 Å². The third-order valence-electron chi connectivity index (χ3n) is 3.54. The van der Waals surface area contributed by atoms with E-state index in [4.69, 9.17) is 4.74 Å². The Morgan fingerprint density at radius 2 is 2.10 bits per heavy atom. The fraction of sp³-hybridized carbons (Fsp3) is 0.500. The van der Waals surface area contributed by atoms with Crippen LogP contribution in [0.25, 0.3) is 10.2 Å². The number of aromatic nitrogens is 2. The topological polar surface area (TPSA) is 58.6 Å². The lowest BCUT2D eigenvalue weighted by atomic mass is 10.2. The summed E-state index contributed by atoms with van der Waals surface area (Å²) in [7, 11) is 0. The van der Waals surface area contributed by atoms with E-state index >= 15 is 0 Å². The lowest BCUT2D eigenvalue weighted by molar-refractivity contribution is 0.105. The summed E-state index contributed by atoms with van der Waals surface area (Å²) in [6.45, 7) is 7.17. The first-order valence-corrected chi connectivity index (χ1v) is 7.88. The molecule has 0 radical (unpaired) electrons. The van der Waals surface area contributed by atoms with E-state index in [1.54, 1.807) is 22.6 Å². The fourth-order valence-electron chi connectivity index (χ4n) is 2.53. The third-order valence-corrected chi connectivity index (χ3v) is 4.50. The molecular formula is C14H18N4O2S. The van der Waals surface area contributed by atoms with Crippen molar-refractivity contribution in [3.63, 3.8) is 0 Å². The summed E-state index contributed by atoms with van der Waals surface area (Å²) in [6, 6.07) is 2.13. The molecule has 3 heterocycles. The number of rotatable bonds is 2. The number of piperazine rings is 1. The smallest absolute Gasteiger partial charge is 0.409 e. The summed E-state index contributed by atoms with van der Waals surface area (Å²) in [5, 5.41) is 1.10.